The molecule has 0 fully saturated rings. The molecule has 0 rings (SSSR count). The third-order valence-corrected chi connectivity index (χ3v) is 2.26. The summed E-state index contributed by atoms with van der Waals surface area (Å²) >= 11 is 0. The molecule has 0 saturated carbocycles. The van der Waals surface area contributed by atoms with Gasteiger partial charge >= 0.3 is 10.2 Å². The Balaban J connectivity index is 0. The maximum Gasteiger partial charge on any atom is 0.329 e. The Morgan fingerprint density at radius 1 is 1.57 bits per heavy atom. The van der Waals surface area contributed by atoms with Gasteiger partial charge in [-0.15, -0.1) is 3.89 Å². The minimum Gasteiger partial charge on any atom is -0.502 e. The van der Waals surface area contributed by atoms with Gasteiger partial charge in [0.2, 0.25) is 0 Å². The lowest BCUT2D eigenvalue weighted by molar-refractivity contribution is 0.0888. The summed E-state index contributed by atoms with van der Waals surface area (Å²) in [6.07, 6.45) is 1.12. The smallest absolute Gasteiger partial charge is 0.329 e. The van der Waals surface area contributed by atoms with E-state index in [0.717, 1.165) is 6.26 Å². The molecule has 0 aliphatic heterocycles. The zero-order valence-corrected chi connectivity index (χ0v) is 8.63. The van der Waals surface area contributed by atoms with Crippen LogP contribution in [-0.4, -0.2) is 27.1 Å². The van der Waals surface area contributed by atoms with Crippen molar-refractivity contribution in [2.24, 2.45) is 0 Å². The van der Waals surface area contributed by atoms with Crippen LogP contribution in [0.4, 0.5) is 8.59 Å². The predicted molar refractivity (Wildman–Crippen MR) is 48.7 cm³/mol. The Hall–Kier alpha value is -0.690. The quantitative estimate of drug-likeness (QED) is 0.378. The summed E-state index contributed by atoms with van der Waals surface area (Å²) < 4.78 is 42.7. The first-order valence-electron chi connectivity index (χ1n) is 3.80. The molecule has 0 aromatic carbocycles. The molecular weight excluding hydrogens is 218 g/mol. The Morgan fingerprint density at radius 2 is 2.14 bits per heavy atom. The van der Waals surface area contributed by atoms with E-state index in [9.17, 15) is 12.3 Å². The number of halogens is 2. The van der Waals surface area contributed by atoms with Gasteiger partial charge in [0.15, 0.2) is 5.44 Å². The molecule has 0 aliphatic rings. The first-order valence-corrected chi connectivity index (χ1v) is 5.24. The zero-order valence-electron chi connectivity index (χ0n) is 7.81. The fraction of sp³-hybridized carbons (Fsp3) is 0.714. The van der Waals surface area contributed by atoms with E-state index in [0.29, 0.717) is 0 Å². The van der Waals surface area contributed by atoms with Gasteiger partial charge in [0, 0.05) is 13.0 Å². The summed E-state index contributed by atoms with van der Waals surface area (Å²) in [6.45, 7) is 5.06. The molecule has 0 heterocycles. The molecule has 0 radical (unpaired) electrons. The standard InChI is InChI=1S/C7H13FO4S.FH/c1-3-11-6-5-7(12-4-2)13(8,9)10;/h3,7H,1,4-6H2,2H3;1H. The average molecular weight is 232 g/mol. The van der Waals surface area contributed by atoms with Crippen molar-refractivity contribution in [3.8, 4) is 0 Å². The molecule has 0 saturated heterocycles. The third kappa shape index (κ3) is 6.79. The zero-order chi connectivity index (χ0) is 10.3. The van der Waals surface area contributed by atoms with E-state index in [1.54, 1.807) is 6.92 Å². The molecule has 0 N–H and O–H groups in total. The molecule has 4 nitrogen and oxygen atoms in total. The largest absolute Gasteiger partial charge is 0.502 e. The van der Waals surface area contributed by atoms with E-state index >= 15 is 0 Å². The van der Waals surface area contributed by atoms with Crippen LogP contribution in [0.1, 0.15) is 13.3 Å². The van der Waals surface area contributed by atoms with Crippen molar-refractivity contribution >= 4 is 10.2 Å². The fourth-order valence-electron chi connectivity index (χ4n) is 0.739. The van der Waals surface area contributed by atoms with E-state index in [1.165, 1.54) is 0 Å². The highest BCUT2D eigenvalue weighted by molar-refractivity contribution is 7.86. The highest BCUT2D eigenvalue weighted by Gasteiger charge is 2.24. The van der Waals surface area contributed by atoms with Crippen molar-refractivity contribution in [1.29, 1.82) is 0 Å². The molecule has 14 heavy (non-hydrogen) atoms. The van der Waals surface area contributed by atoms with Crippen molar-refractivity contribution in [2.45, 2.75) is 18.8 Å². The summed E-state index contributed by atoms with van der Waals surface area (Å²) in [7, 11) is -4.64. The first kappa shape index (κ1) is 15.8. The van der Waals surface area contributed by atoms with Crippen LogP contribution >= 0.6 is 0 Å². The molecule has 1 atom stereocenters. The first-order chi connectivity index (χ1) is 6.02. The SMILES string of the molecule is C=COCCC(OCC)S(=O)(=O)F.F. The van der Waals surface area contributed by atoms with Gasteiger partial charge < -0.3 is 9.47 Å². The van der Waals surface area contributed by atoms with Crippen LogP contribution in [0.2, 0.25) is 0 Å². The van der Waals surface area contributed by atoms with Crippen LogP contribution in [-0.2, 0) is 19.7 Å². The monoisotopic (exact) mass is 232 g/mol. The number of hydrogen-bond acceptors (Lipinski definition) is 4. The predicted octanol–water partition coefficient (Wildman–Crippen LogP) is 1.35. The topological polar surface area (TPSA) is 52.6 Å². The molecule has 1 unspecified atom stereocenters. The number of ether oxygens (including phenoxy) is 2. The van der Waals surface area contributed by atoms with Crippen LogP contribution in [0.25, 0.3) is 0 Å². The Morgan fingerprint density at radius 3 is 2.50 bits per heavy atom. The van der Waals surface area contributed by atoms with E-state index in [2.05, 4.69) is 16.1 Å². The van der Waals surface area contributed by atoms with Crippen molar-refractivity contribution in [3.05, 3.63) is 12.8 Å². The van der Waals surface area contributed by atoms with Crippen molar-refractivity contribution in [2.75, 3.05) is 13.2 Å². The molecular formula is C7H14F2O4S. The van der Waals surface area contributed by atoms with Crippen LogP contribution in [0, 0.1) is 0 Å². The molecule has 0 aliphatic carbocycles. The summed E-state index contributed by atoms with van der Waals surface area (Å²) in [5.41, 5.74) is -1.43. The highest BCUT2D eigenvalue weighted by Crippen LogP contribution is 2.10. The highest BCUT2D eigenvalue weighted by atomic mass is 32.3. The molecule has 0 aromatic heterocycles. The van der Waals surface area contributed by atoms with E-state index < -0.39 is 15.7 Å². The van der Waals surface area contributed by atoms with Gasteiger partial charge in [-0.3, -0.25) is 4.70 Å². The average Bonchev–Trinajstić information content (AvgIpc) is 2.01. The Kier molecular flexibility index (Phi) is 8.66. The maximum absolute atomic E-state index is 12.4. The normalized spacial score (nSPS) is 12.7. The third-order valence-electron chi connectivity index (χ3n) is 1.26. The lowest BCUT2D eigenvalue weighted by Crippen LogP contribution is -2.22. The van der Waals surface area contributed by atoms with E-state index in [4.69, 9.17) is 0 Å². The van der Waals surface area contributed by atoms with Gasteiger partial charge in [0.05, 0.1) is 12.9 Å². The van der Waals surface area contributed by atoms with Gasteiger partial charge in [0.1, 0.15) is 0 Å². The summed E-state index contributed by atoms with van der Waals surface area (Å²) in [6, 6.07) is 0. The number of hydrogen-bond donors (Lipinski definition) is 0. The van der Waals surface area contributed by atoms with E-state index in [1.807, 2.05) is 0 Å². The van der Waals surface area contributed by atoms with Gasteiger partial charge in [0.25, 0.3) is 0 Å². The second-order valence-electron chi connectivity index (χ2n) is 2.19. The minimum absolute atomic E-state index is 0. The molecule has 7 heteroatoms. The molecule has 86 valence electrons. The van der Waals surface area contributed by atoms with Gasteiger partial charge in [-0.1, -0.05) is 6.58 Å². The van der Waals surface area contributed by atoms with Gasteiger partial charge in [-0.2, -0.15) is 8.42 Å². The summed E-state index contributed by atoms with van der Waals surface area (Å²) in [5, 5.41) is 0. The Labute approximate surface area is 82.3 Å². The lowest BCUT2D eigenvalue weighted by atomic mass is 10.5. The Bertz CT molecular complexity index is 240. The number of rotatable bonds is 7. The van der Waals surface area contributed by atoms with Gasteiger partial charge in [-0.05, 0) is 6.92 Å². The lowest BCUT2D eigenvalue weighted by Gasteiger charge is -2.11. The second kappa shape index (κ2) is 7.69. The van der Waals surface area contributed by atoms with E-state index in [-0.39, 0.29) is 24.3 Å². The van der Waals surface area contributed by atoms with Crippen LogP contribution in [0.3, 0.4) is 0 Å². The summed E-state index contributed by atoms with van der Waals surface area (Å²) in [5.74, 6) is 0. The maximum atomic E-state index is 12.4. The second-order valence-corrected chi connectivity index (χ2v) is 3.66. The van der Waals surface area contributed by atoms with Crippen LogP contribution in [0.15, 0.2) is 12.8 Å². The van der Waals surface area contributed by atoms with Crippen LogP contribution < -0.4 is 0 Å². The molecule has 0 amide bonds. The molecule has 0 aromatic rings. The fourth-order valence-corrected chi connectivity index (χ4v) is 1.42. The van der Waals surface area contributed by atoms with Crippen molar-refractivity contribution in [1.82, 2.24) is 0 Å². The minimum atomic E-state index is -4.64. The van der Waals surface area contributed by atoms with Crippen molar-refractivity contribution < 1.29 is 26.5 Å². The van der Waals surface area contributed by atoms with Crippen LogP contribution in [0.5, 0.6) is 0 Å². The van der Waals surface area contributed by atoms with Crippen molar-refractivity contribution in [3.63, 3.8) is 0 Å². The molecule has 0 bridgehead atoms. The summed E-state index contributed by atoms with van der Waals surface area (Å²) in [4.78, 5) is 0. The molecule has 0 spiro atoms. The van der Waals surface area contributed by atoms with Gasteiger partial charge in [-0.25, -0.2) is 0 Å².